The largest absolute Gasteiger partial charge is 0.384 e. The molecule has 0 spiro atoms. The minimum absolute atomic E-state index is 0.0400. The Labute approximate surface area is 192 Å². The second kappa shape index (κ2) is 8.20. The van der Waals surface area contributed by atoms with Crippen molar-refractivity contribution in [3.8, 4) is 0 Å². The van der Waals surface area contributed by atoms with Crippen molar-refractivity contribution in [2.45, 2.75) is 45.7 Å². The number of benzene rings is 1. The lowest BCUT2D eigenvalue weighted by Crippen LogP contribution is -2.23. The summed E-state index contributed by atoms with van der Waals surface area (Å²) in [7, 11) is 0. The molecule has 5 rings (SSSR count). The van der Waals surface area contributed by atoms with Crippen LogP contribution < -0.4 is 11.1 Å². The summed E-state index contributed by atoms with van der Waals surface area (Å²) in [4.78, 5) is 17.4. The van der Waals surface area contributed by atoms with Crippen molar-refractivity contribution in [3.05, 3.63) is 88.1 Å². The molecular formula is C25H27N7O. The van der Waals surface area contributed by atoms with Crippen LogP contribution >= 0.6 is 0 Å². The van der Waals surface area contributed by atoms with Crippen LogP contribution in [0.5, 0.6) is 0 Å². The number of imidazole rings is 1. The molecule has 0 unspecified atom stereocenters. The number of pyridine rings is 1. The number of carbonyl (C=O) groups is 1. The molecule has 1 aliphatic rings. The van der Waals surface area contributed by atoms with Crippen LogP contribution in [0.1, 0.15) is 62.6 Å². The maximum absolute atomic E-state index is 12.7. The molecule has 3 aromatic heterocycles. The molecule has 8 heteroatoms. The van der Waals surface area contributed by atoms with Gasteiger partial charge in [-0.2, -0.15) is 5.10 Å². The lowest BCUT2D eigenvalue weighted by atomic mass is 9.98. The van der Waals surface area contributed by atoms with Crippen LogP contribution in [0.3, 0.4) is 0 Å². The van der Waals surface area contributed by atoms with E-state index in [1.54, 1.807) is 17.1 Å². The molecule has 4 N–H and O–H groups in total. The molecule has 1 fully saturated rings. The third-order valence-corrected chi connectivity index (χ3v) is 6.22. The molecule has 0 aliphatic heterocycles. The van der Waals surface area contributed by atoms with Gasteiger partial charge in [-0.05, 0) is 73.1 Å². The highest BCUT2D eigenvalue weighted by atomic mass is 16.1. The van der Waals surface area contributed by atoms with Gasteiger partial charge in [-0.15, -0.1) is 0 Å². The zero-order chi connectivity index (χ0) is 23.1. The third kappa shape index (κ3) is 4.37. The van der Waals surface area contributed by atoms with E-state index < -0.39 is 0 Å². The maximum Gasteiger partial charge on any atom is 0.254 e. The van der Waals surface area contributed by atoms with Crippen LogP contribution in [0.15, 0.2) is 49.1 Å². The van der Waals surface area contributed by atoms with E-state index in [0.29, 0.717) is 30.1 Å². The molecule has 0 bridgehead atoms. The lowest BCUT2D eigenvalue weighted by Gasteiger charge is -2.13. The van der Waals surface area contributed by atoms with Crippen LogP contribution in [0.25, 0.3) is 5.65 Å². The zero-order valence-electron chi connectivity index (χ0n) is 18.8. The molecule has 1 amide bonds. The molecule has 0 saturated heterocycles. The lowest BCUT2D eigenvalue weighted by molar-refractivity contribution is 0.0950. The van der Waals surface area contributed by atoms with Crippen LogP contribution in [-0.4, -0.2) is 30.9 Å². The number of nitrogens with zero attached hydrogens (tertiary/aromatic N) is 4. The minimum atomic E-state index is -0.181. The van der Waals surface area contributed by atoms with E-state index in [0.717, 1.165) is 28.0 Å². The molecule has 168 valence electrons. The number of nitrogen functional groups attached to an aromatic ring is 1. The maximum atomic E-state index is 12.7. The van der Waals surface area contributed by atoms with E-state index in [9.17, 15) is 4.79 Å². The number of amides is 1. The summed E-state index contributed by atoms with van der Waals surface area (Å²) in [6, 6.07) is 7.97. The summed E-state index contributed by atoms with van der Waals surface area (Å²) in [6.45, 7) is 4.82. The van der Waals surface area contributed by atoms with Gasteiger partial charge in [-0.25, -0.2) is 4.98 Å². The van der Waals surface area contributed by atoms with Crippen molar-refractivity contribution in [1.82, 2.24) is 24.5 Å². The van der Waals surface area contributed by atoms with Crippen molar-refractivity contribution >= 4 is 17.4 Å². The first-order chi connectivity index (χ1) is 15.9. The van der Waals surface area contributed by atoms with E-state index in [1.165, 1.54) is 18.4 Å². The monoisotopic (exact) mass is 441 g/mol. The number of aromatic nitrogens is 4. The van der Waals surface area contributed by atoms with Gasteiger partial charge in [-0.3, -0.25) is 14.9 Å². The average Bonchev–Trinajstić information content (AvgIpc) is 3.39. The normalized spacial score (nSPS) is 13.4. The second-order valence-electron chi connectivity index (χ2n) is 8.85. The molecule has 33 heavy (non-hydrogen) atoms. The van der Waals surface area contributed by atoms with Gasteiger partial charge in [0.1, 0.15) is 11.5 Å². The Hall–Kier alpha value is -3.94. The summed E-state index contributed by atoms with van der Waals surface area (Å²) >= 11 is 0. The number of fused-ring (bicyclic) bond motifs is 1. The Morgan fingerprint density at radius 1 is 1.15 bits per heavy atom. The number of nitrogens with one attached hydrogen (secondary N) is 2. The van der Waals surface area contributed by atoms with E-state index in [-0.39, 0.29) is 11.7 Å². The number of amidine groups is 1. The Balaban J connectivity index is 1.24. The van der Waals surface area contributed by atoms with Crippen molar-refractivity contribution in [2.24, 2.45) is 5.73 Å². The predicted octanol–water partition coefficient (Wildman–Crippen LogP) is 3.29. The molecule has 8 nitrogen and oxygen atoms in total. The summed E-state index contributed by atoms with van der Waals surface area (Å²) in [5.41, 5.74) is 13.0. The van der Waals surface area contributed by atoms with Crippen LogP contribution in [-0.2, 0) is 13.1 Å². The fraction of sp³-hybridized carbons (Fsp3) is 0.280. The number of carbonyl (C=O) groups excluding carboxylic acids is 1. The number of nitrogens with two attached hydrogens (primary N) is 1. The van der Waals surface area contributed by atoms with Gasteiger partial charge < -0.3 is 15.5 Å². The predicted molar refractivity (Wildman–Crippen MR) is 127 cm³/mol. The van der Waals surface area contributed by atoms with E-state index in [4.69, 9.17) is 11.1 Å². The molecule has 1 saturated carbocycles. The van der Waals surface area contributed by atoms with Crippen molar-refractivity contribution < 1.29 is 4.79 Å². The van der Waals surface area contributed by atoms with Crippen molar-refractivity contribution in [3.63, 3.8) is 0 Å². The summed E-state index contributed by atoms with van der Waals surface area (Å²) < 4.78 is 3.80. The fourth-order valence-corrected chi connectivity index (χ4v) is 4.23. The van der Waals surface area contributed by atoms with Gasteiger partial charge in [-0.1, -0.05) is 6.07 Å². The Kier molecular flexibility index (Phi) is 5.20. The van der Waals surface area contributed by atoms with Crippen molar-refractivity contribution in [1.29, 1.82) is 5.41 Å². The van der Waals surface area contributed by atoms with E-state index in [1.807, 2.05) is 32.2 Å². The standard InChI is InChI=1S/C25H27N7O/c1-15-7-19(24(26)27)8-16(2)22(15)10-28-25(33)20-9-29-32(12-20)14-21-13-31-11-18(17-3-4-17)5-6-23(31)30-21/h5-9,11-13,17H,3-4,10,14H2,1-2H3,(H3,26,27)(H,28,33). The third-order valence-electron chi connectivity index (χ3n) is 6.22. The highest BCUT2D eigenvalue weighted by Crippen LogP contribution is 2.39. The van der Waals surface area contributed by atoms with Gasteiger partial charge in [0.15, 0.2) is 0 Å². The first-order valence-electron chi connectivity index (χ1n) is 11.1. The molecule has 1 aromatic carbocycles. The Bertz CT molecular complexity index is 1350. The van der Waals surface area contributed by atoms with Crippen molar-refractivity contribution in [2.75, 3.05) is 0 Å². The molecule has 1 aliphatic carbocycles. The Morgan fingerprint density at radius 2 is 1.91 bits per heavy atom. The molecule has 3 heterocycles. The SMILES string of the molecule is Cc1cc(C(=N)N)cc(C)c1CNC(=O)c1cnn(Cc2cn3cc(C4CC4)ccc3n2)c1. The average molecular weight is 442 g/mol. The smallest absolute Gasteiger partial charge is 0.254 e. The molecule has 0 atom stereocenters. The van der Waals surface area contributed by atoms with Gasteiger partial charge in [0.25, 0.3) is 5.91 Å². The van der Waals surface area contributed by atoms with Crippen LogP contribution in [0, 0.1) is 19.3 Å². The van der Waals surface area contributed by atoms with Crippen LogP contribution in [0.2, 0.25) is 0 Å². The topological polar surface area (TPSA) is 114 Å². The first kappa shape index (κ1) is 20.9. The number of aryl methyl sites for hydroxylation is 2. The highest BCUT2D eigenvalue weighted by Gasteiger charge is 2.23. The zero-order valence-corrected chi connectivity index (χ0v) is 18.8. The quantitative estimate of drug-likeness (QED) is 0.302. The van der Waals surface area contributed by atoms with E-state index in [2.05, 4.69) is 38.1 Å². The molecule has 0 radical (unpaired) electrons. The minimum Gasteiger partial charge on any atom is -0.384 e. The number of hydrogen-bond donors (Lipinski definition) is 3. The molecular weight excluding hydrogens is 414 g/mol. The van der Waals surface area contributed by atoms with Gasteiger partial charge in [0.05, 0.1) is 24.0 Å². The Morgan fingerprint density at radius 3 is 2.61 bits per heavy atom. The second-order valence-corrected chi connectivity index (χ2v) is 8.85. The number of rotatable bonds is 7. The summed E-state index contributed by atoms with van der Waals surface area (Å²) in [5.74, 6) is 0.560. The van der Waals surface area contributed by atoms with Gasteiger partial charge in [0, 0.05) is 30.7 Å². The van der Waals surface area contributed by atoms with E-state index >= 15 is 0 Å². The highest BCUT2D eigenvalue weighted by molar-refractivity contribution is 5.95. The van der Waals surface area contributed by atoms with Gasteiger partial charge >= 0.3 is 0 Å². The summed E-state index contributed by atoms with van der Waals surface area (Å²) in [6.07, 6.45) is 10.1. The van der Waals surface area contributed by atoms with Gasteiger partial charge in [0.2, 0.25) is 0 Å². The van der Waals surface area contributed by atoms with Crippen LogP contribution in [0.4, 0.5) is 0 Å². The fourth-order valence-electron chi connectivity index (χ4n) is 4.23. The molecule has 4 aromatic rings. The number of hydrogen-bond acceptors (Lipinski definition) is 4. The summed E-state index contributed by atoms with van der Waals surface area (Å²) in [5, 5.41) is 14.9. The first-order valence-corrected chi connectivity index (χ1v) is 11.1.